The second-order valence-corrected chi connectivity index (χ2v) is 7.23. The number of likely N-dealkylation sites (tertiary alicyclic amines) is 1. The largest absolute Gasteiger partial charge is 0.329 e. The number of hydrogen-bond donors (Lipinski definition) is 1. The molecule has 3 atom stereocenters. The summed E-state index contributed by atoms with van der Waals surface area (Å²) >= 11 is 0. The van der Waals surface area contributed by atoms with Crippen LogP contribution in [0.4, 0.5) is 0 Å². The van der Waals surface area contributed by atoms with Gasteiger partial charge in [0.05, 0.1) is 0 Å². The van der Waals surface area contributed by atoms with E-state index in [0.29, 0.717) is 0 Å². The van der Waals surface area contributed by atoms with Crippen molar-refractivity contribution >= 4 is 0 Å². The van der Waals surface area contributed by atoms with Crippen molar-refractivity contribution in [1.82, 2.24) is 4.90 Å². The first-order valence-corrected chi connectivity index (χ1v) is 8.03. The van der Waals surface area contributed by atoms with E-state index in [9.17, 15) is 0 Å². The Kier molecular flexibility index (Phi) is 4.71. The van der Waals surface area contributed by atoms with E-state index < -0.39 is 0 Å². The highest BCUT2D eigenvalue weighted by Crippen LogP contribution is 2.41. The molecular formula is C16H32N2. The summed E-state index contributed by atoms with van der Waals surface area (Å²) < 4.78 is 0. The van der Waals surface area contributed by atoms with Crippen LogP contribution in [0.2, 0.25) is 0 Å². The van der Waals surface area contributed by atoms with Gasteiger partial charge in [0.25, 0.3) is 0 Å². The van der Waals surface area contributed by atoms with Crippen molar-refractivity contribution in [3.05, 3.63) is 0 Å². The molecule has 0 amide bonds. The summed E-state index contributed by atoms with van der Waals surface area (Å²) in [4.78, 5) is 2.80. The minimum absolute atomic E-state index is 0.248. The highest BCUT2D eigenvalue weighted by atomic mass is 15.2. The van der Waals surface area contributed by atoms with Crippen molar-refractivity contribution in [2.24, 2.45) is 17.6 Å². The Morgan fingerprint density at radius 2 is 1.94 bits per heavy atom. The maximum atomic E-state index is 6.17. The van der Waals surface area contributed by atoms with Crippen LogP contribution < -0.4 is 5.73 Å². The third-order valence-electron chi connectivity index (χ3n) is 5.39. The molecule has 3 unspecified atom stereocenters. The second-order valence-electron chi connectivity index (χ2n) is 7.23. The average Bonchev–Trinajstić information content (AvgIpc) is 2.83. The Hall–Kier alpha value is -0.0800. The van der Waals surface area contributed by atoms with Crippen molar-refractivity contribution in [1.29, 1.82) is 0 Å². The van der Waals surface area contributed by atoms with Gasteiger partial charge in [0.1, 0.15) is 0 Å². The van der Waals surface area contributed by atoms with Crippen LogP contribution in [0.1, 0.15) is 65.7 Å². The molecule has 0 radical (unpaired) electrons. The summed E-state index contributed by atoms with van der Waals surface area (Å²) in [6.45, 7) is 9.17. The van der Waals surface area contributed by atoms with Crippen LogP contribution in [0.5, 0.6) is 0 Å². The Balaban J connectivity index is 2.05. The molecule has 0 spiro atoms. The van der Waals surface area contributed by atoms with E-state index in [1.165, 1.54) is 51.5 Å². The highest BCUT2D eigenvalue weighted by Gasteiger charge is 2.42. The lowest BCUT2D eigenvalue weighted by atomic mass is 9.83. The van der Waals surface area contributed by atoms with Gasteiger partial charge in [-0.05, 0) is 63.8 Å². The third kappa shape index (κ3) is 2.91. The lowest BCUT2D eigenvalue weighted by Crippen LogP contribution is -2.58. The maximum absolute atomic E-state index is 6.17. The van der Waals surface area contributed by atoms with Gasteiger partial charge in [-0.25, -0.2) is 0 Å². The van der Waals surface area contributed by atoms with Crippen molar-refractivity contribution in [2.45, 2.75) is 77.3 Å². The van der Waals surface area contributed by atoms with Crippen LogP contribution >= 0.6 is 0 Å². The van der Waals surface area contributed by atoms with Gasteiger partial charge in [0.2, 0.25) is 0 Å². The normalized spacial score (nSPS) is 32.5. The van der Waals surface area contributed by atoms with Crippen LogP contribution in [-0.2, 0) is 0 Å². The molecule has 106 valence electrons. The van der Waals surface area contributed by atoms with Gasteiger partial charge in [-0.3, -0.25) is 4.90 Å². The van der Waals surface area contributed by atoms with E-state index in [4.69, 9.17) is 5.73 Å². The summed E-state index contributed by atoms with van der Waals surface area (Å²) in [5.74, 6) is 1.77. The molecule has 0 bridgehead atoms. The summed E-state index contributed by atoms with van der Waals surface area (Å²) in [6, 6.07) is 0.847. The molecule has 2 rings (SSSR count). The summed E-state index contributed by atoms with van der Waals surface area (Å²) in [5, 5.41) is 0. The SMILES string of the molecule is CC(C)CCC(C)(CN)N1CCCC2CCCC21. The van der Waals surface area contributed by atoms with E-state index in [0.717, 1.165) is 24.4 Å². The number of piperidine rings is 1. The van der Waals surface area contributed by atoms with E-state index in [1.54, 1.807) is 0 Å². The fraction of sp³-hybridized carbons (Fsp3) is 1.00. The smallest absolute Gasteiger partial charge is 0.0306 e. The Bertz CT molecular complexity index is 264. The van der Waals surface area contributed by atoms with Crippen molar-refractivity contribution in [2.75, 3.05) is 13.1 Å². The molecular weight excluding hydrogens is 220 g/mol. The lowest BCUT2D eigenvalue weighted by molar-refractivity contribution is 0.00610. The third-order valence-corrected chi connectivity index (χ3v) is 5.39. The lowest BCUT2D eigenvalue weighted by Gasteiger charge is -2.49. The van der Waals surface area contributed by atoms with Gasteiger partial charge in [-0.1, -0.05) is 20.3 Å². The summed E-state index contributed by atoms with van der Waals surface area (Å²) in [6.07, 6.45) is 9.75. The molecule has 2 N–H and O–H groups in total. The van der Waals surface area contributed by atoms with Crippen LogP contribution in [0, 0.1) is 11.8 Å². The number of nitrogens with zero attached hydrogens (tertiary/aromatic N) is 1. The van der Waals surface area contributed by atoms with Gasteiger partial charge < -0.3 is 5.73 Å². The van der Waals surface area contributed by atoms with E-state index >= 15 is 0 Å². The van der Waals surface area contributed by atoms with Crippen LogP contribution in [0.25, 0.3) is 0 Å². The minimum Gasteiger partial charge on any atom is -0.329 e. The standard InChI is InChI=1S/C16H32N2/c1-13(2)9-10-16(3,12-17)18-11-5-7-14-6-4-8-15(14)18/h13-15H,4-12,17H2,1-3H3. The zero-order valence-corrected chi connectivity index (χ0v) is 12.6. The van der Waals surface area contributed by atoms with E-state index in [1.807, 2.05) is 0 Å². The van der Waals surface area contributed by atoms with Crippen LogP contribution in [-0.4, -0.2) is 29.6 Å². The number of fused-ring (bicyclic) bond motifs is 1. The molecule has 0 aromatic carbocycles. The monoisotopic (exact) mass is 252 g/mol. The zero-order valence-electron chi connectivity index (χ0n) is 12.6. The fourth-order valence-corrected chi connectivity index (χ4v) is 4.09. The second kappa shape index (κ2) is 5.92. The molecule has 2 nitrogen and oxygen atoms in total. The van der Waals surface area contributed by atoms with Crippen LogP contribution in [0.3, 0.4) is 0 Å². The Morgan fingerprint density at radius 3 is 2.61 bits per heavy atom. The zero-order chi connectivity index (χ0) is 13.2. The molecule has 1 saturated heterocycles. The molecule has 2 aliphatic rings. The van der Waals surface area contributed by atoms with Gasteiger partial charge >= 0.3 is 0 Å². The van der Waals surface area contributed by atoms with E-state index in [2.05, 4.69) is 25.7 Å². The van der Waals surface area contributed by atoms with Gasteiger partial charge in [-0.15, -0.1) is 0 Å². The van der Waals surface area contributed by atoms with Crippen molar-refractivity contribution < 1.29 is 0 Å². The maximum Gasteiger partial charge on any atom is 0.0306 e. The molecule has 18 heavy (non-hydrogen) atoms. The molecule has 2 fully saturated rings. The van der Waals surface area contributed by atoms with Crippen LogP contribution in [0.15, 0.2) is 0 Å². The molecule has 0 aromatic heterocycles. The minimum atomic E-state index is 0.248. The predicted octanol–water partition coefficient (Wildman–Crippen LogP) is 3.40. The number of nitrogens with two attached hydrogens (primary N) is 1. The first kappa shape index (κ1) is 14.3. The molecule has 1 heterocycles. The summed E-state index contributed by atoms with van der Waals surface area (Å²) in [5.41, 5.74) is 6.41. The molecule has 1 aliphatic carbocycles. The molecule has 1 aliphatic heterocycles. The first-order valence-electron chi connectivity index (χ1n) is 8.03. The van der Waals surface area contributed by atoms with Gasteiger partial charge in [0.15, 0.2) is 0 Å². The number of hydrogen-bond acceptors (Lipinski definition) is 2. The topological polar surface area (TPSA) is 29.3 Å². The fourth-order valence-electron chi connectivity index (χ4n) is 4.09. The number of rotatable bonds is 5. The Morgan fingerprint density at radius 1 is 1.22 bits per heavy atom. The average molecular weight is 252 g/mol. The van der Waals surface area contributed by atoms with Crippen molar-refractivity contribution in [3.8, 4) is 0 Å². The Labute approximate surface area is 113 Å². The molecule has 0 aromatic rings. The molecule has 1 saturated carbocycles. The molecule has 2 heteroatoms. The van der Waals surface area contributed by atoms with Crippen molar-refractivity contribution in [3.63, 3.8) is 0 Å². The highest BCUT2D eigenvalue weighted by molar-refractivity contribution is 4.98. The first-order chi connectivity index (χ1) is 8.57. The van der Waals surface area contributed by atoms with Gasteiger partial charge in [0, 0.05) is 18.1 Å². The predicted molar refractivity (Wildman–Crippen MR) is 78.6 cm³/mol. The quantitative estimate of drug-likeness (QED) is 0.812. The van der Waals surface area contributed by atoms with Gasteiger partial charge in [-0.2, -0.15) is 0 Å². The summed E-state index contributed by atoms with van der Waals surface area (Å²) in [7, 11) is 0. The van der Waals surface area contributed by atoms with E-state index in [-0.39, 0.29) is 5.54 Å².